The molecule has 1 aromatic carbocycles. The summed E-state index contributed by atoms with van der Waals surface area (Å²) in [6.45, 7) is 8.23. The molecular formula is C14H22N5O4S. The number of nitrogens with one attached hydrogen (secondary N) is 1. The maximum Gasteiger partial charge on any atom is 0.295 e. The average molecular weight is 356 g/mol. The van der Waals surface area contributed by atoms with Gasteiger partial charge in [-0.25, -0.2) is 18.6 Å². The van der Waals surface area contributed by atoms with Gasteiger partial charge in [0.05, 0.1) is 9.82 Å². The predicted molar refractivity (Wildman–Crippen MR) is 90.7 cm³/mol. The highest BCUT2D eigenvalue weighted by Crippen LogP contribution is 2.27. The van der Waals surface area contributed by atoms with Gasteiger partial charge in [0, 0.05) is 38.8 Å². The fourth-order valence-corrected chi connectivity index (χ4v) is 3.10. The number of nitro groups is 1. The van der Waals surface area contributed by atoms with Crippen molar-refractivity contribution in [3.05, 3.63) is 34.2 Å². The third kappa shape index (κ3) is 4.87. The van der Waals surface area contributed by atoms with E-state index >= 15 is 0 Å². The Morgan fingerprint density at radius 3 is 2.42 bits per heavy atom. The van der Waals surface area contributed by atoms with Crippen LogP contribution in [-0.4, -0.2) is 56.0 Å². The molecule has 0 amide bonds. The normalized spacial score (nSPS) is 17.2. The number of nitrogens with two attached hydrogens (primary N) is 1. The van der Waals surface area contributed by atoms with E-state index in [1.54, 1.807) is 0 Å². The molecule has 1 saturated heterocycles. The SMILES string of the molecule is C[C](C)CN1CCN(Nc2ccc(S(N)(=O)=O)cc2[N+](=O)[O-])CC1. The van der Waals surface area contributed by atoms with Gasteiger partial charge in [-0.1, -0.05) is 13.8 Å². The smallest absolute Gasteiger partial charge is 0.295 e. The maximum absolute atomic E-state index is 11.3. The summed E-state index contributed by atoms with van der Waals surface area (Å²) in [6, 6.07) is 3.61. The van der Waals surface area contributed by atoms with Crippen molar-refractivity contribution < 1.29 is 13.3 Å². The van der Waals surface area contributed by atoms with Crippen molar-refractivity contribution >= 4 is 21.4 Å². The number of nitrogens with zero attached hydrogens (tertiary/aromatic N) is 3. The molecule has 0 aromatic heterocycles. The standard InChI is InChI=1S/C14H22N5O4S/c1-11(2)10-17-5-7-18(8-6-17)16-13-4-3-12(24(15,22)23)9-14(13)19(20)21/h3-4,9,16H,5-8,10H2,1-2H3,(H2,15,22,23). The molecule has 0 bridgehead atoms. The van der Waals surface area contributed by atoms with Gasteiger partial charge >= 0.3 is 0 Å². The zero-order chi connectivity index (χ0) is 17.9. The van der Waals surface area contributed by atoms with E-state index in [4.69, 9.17) is 5.14 Å². The molecule has 0 unspecified atom stereocenters. The van der Waals surface area contributed by atoms with E-state index in [0.29, 0.717) is 13.1 Å². The van der Waals surface area contributed by atoms with Crippen LogP contribution in [-0.2, 0) is 10.0 Å². The fourth-order valence-electron chi connectivity index (χ4n) is 2.57. The Kier molecular flexibility index (Phi) is 5.75. The molecule has 24 heavy (non-hydrogen) atoms. The number of primary sulfonamides is 1. The fraction of sp³-hybridized carbons (Fsp3) is 0.500. The highest BCUT2D eigenvalue weighted by molar-refractivity contribution is 7.89. The molecule has 10 heteroatoms. The lowest BCUT2D eigenvalue weighted by molar-refractivity contribution is -0.384. The van der Waals surface area contributed by atoms with Crippen LogP contribution in [0, 0.1) is 16.0 Å². The number of hydrogen-bond acceptors (Lipinski definition) is 7. The predicted octanol–water partition coefficient (Wildman–Crippen LogP) is 0.801. The van der Waals surface area contributed by atoms with E-state index in [2.05, 4.69) is 24.2 Å². The highest BCUT2D eigenvalue weighted by Gasteiger charge is 2.22. The molecule has 1 aliphatic rings. The number of nitro benzene ring substituents is 1. The van der Waals surface area contributed by atoms with E-state index in [0.717, 1.165) is 25.7 Å². The number of hydrazine groups is 1. The minimum Gasteiger partial charge on any atom is -0.313 e. The molecule has 0 atom stereocenters. The Bertz CT molecular complexity index is 699. The van der Waals surface area contributed by atoms with Gasteiger partial charge in [-0.3, -0.25) is 10.1 Å². The first-order valence-electron chi connectivity index (χ1n) is 7.51. The second-order valence-electron chi connectivity index (χ2n) is 6.06. The Labute approximate surface area is 141 Å². The second kappa shape index (κ2) is 7.43. The summed E-state index contributed by atoms with van der Waals surface area (Å²) in [5.74, 6) is 1.34. The average Bonchev–Trinajstić information content (AvgIpc) is 2.47. The van der Waals surface area contributed by atoms with Crippen molar-refractivity contribution in [2.75, 3.05) is 38.1 Å². The molecule has 1 heterocycles. The Morgan fingerprint density at radius 2 is 1.92 bits per heavy atom. The van der Waals surface area contributed by atoms with Crippen molar-refractivity contribution in [3.8, 4) is 0 Å². The van der Waals surface area contributed by atoms with Crippen LogP contribution in [0.3, 0.4) is 0 Å². The maximum atomic E-state index is 11.3. The lowest BCUT2D eigenvalue weighted by atomic mass is 10.2. The number of benzene rings is 1. The monoisotopic (exact) mass is 356 g/mol. The van der Waals surface area contributed by atoms with Crippen LogP contribution in [0.25, 0.3) is 0 Å². The summed E-state index contributed by atoms with van der Waals surface area (Å²) in [4.78, 5) is 12.6. The van der Waals surface area contributed by atoms with E-state index in [1.165, 1.54) is 18.1 Å². The second-order valence-corrected chi connectivity index (χ2v) is 7.62. The van der Waals surface area contributed by atoms with Gasteiger partial charge in [0.2, 0.25) is 10.0 Å². The van der Waals surface area contributed by atoms with Gasteiger partial charge in [-0.2, -0.15) is 0 Å². The Balaban J connectivity index is 2.09. The number of sulfonamides is 1. The molecule has 133 valence electrons. The van der Waals surface area contributed by atoms with Gasteiger partial charge < -0.3 is 10.3 Å². The van der Waals surface area contributed by atoms with Gasteiger partial charge in [0.1, 0.15) is 5.69 Å². The zero-order valence-electron chi connectivity index (χ0n) is 13.7. The first-order chi connectivity index (χ1) is 11.2. The zero-order valence-corrected chi connectivity index (χ0v) is 14.5. The van der Waals surface area contributed by atoms with Crippen LogP contribution in [0.4, 0.5) is 11.4 Å². The van der Waals surface area contributed by atoms with E-state index < -0.39 is 14.9 Å². The summed E-state index contributed by atoms with van der Waals surface area (Å²) >= 11 is 0. The van der Waals surface area contributed by atoms with Gasteiger partial charge in [-0.05, 0) is 18.1 Å². The lowest BCUT2D eigenvalue weighted by Crippen LogP contribution is -2.49. The summed E-state index contributed by atoms with van der Waals surface area (Å²) in [5.41, 5.74) is 2.94. The molecule has 9 nitrogen and oxygen atoms in total. The molecule has 1 aromatic rings. The summed E-state index contributed by atoms with van der Waals surface area (Å²) in [6.07, 6.45) is 0. The molecule has 2 rings (SSSR count). The first-order valence-corrected chi connectivity index (χ1v) is 9.05. The minimum absolute atomic E-state index is 0.249. The van der Waals surface area contributed by atoms with Crippen molar-refractivity contribution in [2.24, 2.45) is 5.14 Å². The third-order valence-corrected chi connectivity index (χ3v) is 4.60. The molecule has 3 N–H and O–H groups in total. The van der Waals surface area contributed by atoms with Gasteiger partial charge in [0.25, 0.3) is 5.69 Å². The minimum atomic E-state index is -3.98. The topological polar surface area (TPSA) is 122 Å². The number of piperazine rings is 1. The van der Waals surface area contributed by atoms with Crippen LogP contribution in [0.15, 0.2) is 23.1 Å². The van der Waals surface area contributed by atoms with Crippen molar-refractivity contribution in [1.82, 2.24) is 9.91 Å². The van der Waals surface area contributed by atoms with Gasteiger partial charge in [-0.15, -0.1) is 0 Å². The molecular weight excluding hydrogens is 334 g/mol. The van der Waals surface area contributed by atoms with Crippen LogP contribution in [0.1, 0.15) is 13.8 Å². The highest BCUT2D eigenvalue weighted by atomic mass is 32.2. The molecule has 0 spiro atoms. The third-order valence-electron chi connectivity index (χ3n) is 3.69. The molecule has 1 fully saturated rings. The summed E-state index contributed by atoms with van der Waals surface area (Å²) < 4.78 is 22.7. The van der Waals surface area contributed by atoms with Crippen molar-refractivity contribution in [2.45, 2.75) is 18.7 Å². The van der Waals surface area contributed by atoms with Crippen LogP contribution >= 0.6 is 0 Å². The van der Waals surface area contributed by atoms with E-state index in [9.17, 15) is 18.5 Å². The first kappa shape index (κ1) is 18.6. The molecule has 0 aliphatic carbocycles. The van der Waals surface area contributed by atoms with Crippen LogP contribution in [0.5, 0.6) is 0 Å². The molecule has 1 radical (unpaired) electrons. The van der Waals surface area contributed by atoms with Crippen LogP contribution < -0.4 is 10.6 Å². The summed E-state index contributed by atoms with van der Waals surface area (Å²) in [7, 11) is -3.98. The van der Waals surface area contributed by atoms with Crippen molar-refractivity contribution in [3.63, 3.8) is 0 Å². The lowest BCUT2D eigenvalue weighted by Gasteiger charge is -2.35. The number of anilines is 1. The number of hydrogen-bond donors (Lipinski definition) is 2. The van der Waals surface area contributed by atoms with E-state index in [1.807, 2.05) is 5.01 Å². The molecule has 0 saturated carbocycles. The van der Waals surface area contributed by atoms with E-state index in [-0.39, 0.29) is 16.3 Å². The Morgan fingerprint density at radius 1 is 1.29 bits per heavy atom. The Hall–Kier alpha value is -1.75. The van der Waals surface area contributed by atoms with Crippen molar-refractivity contribution in [1.29, 1.82) is 0 Å². The van der Waals surface area contributed by atoms with Crippen LogP contribution in [0.2, 0.25) is 0 Å². The van der Waals surface area contributed by atoms with Gasteiger partial charge in [0.15, 0.2) is 0 Å². The largest absolute Gasteiger partial charge is 0.313 e. The number of rotatable bonds is 6. The summed E-state index contributed by atoms with van der Waals surface area (Å²) in [5, 5.41) is 18.1. The quantitative estimate of drug-likeness (QED) is 0.571. The molecule has 1 aliphatic heterocycles.